The molecule has 0 aliphatic heterocycles. The average Bonchev–Trinajstić information content (AvgIpc) is 0.973. The molecule has 0 aromatic carbocycles. The van der Waals surface area contributed by atoms with Gasteiger partial charge in [0.15, 0.2) is 12.2 Å². The highest BCUT2D eigenvalue weighted by molar-refractivity contribution is 7.47. The first kappa shape index (κ1) is 93.7. The van der Waals surface area contributed by atoms with E-state index in [0.717, 1.165) is 135 Å². The molecular weight excluding hydrogens is 1280 g/mol. The predicted octanol–water partition coefficient (Wildman–Crippen LogP) is 21.8. The number of phosphoric acid groups is 2. The van der Waals surface area contributed by atoms with E-state index in [1.54, 1.807) is 0 Å². The first-order chi connectivity index (χ1) is 47.7. The molecule has 0 aliphatic rings. The van der Waals surface area contributed by atoms with Gasteiger partial charge in [-0.15, -0.1) is 0 Å². The number of unbranched alkanes of at least 4 members (excludes halogenated alkanes) is 27. The van der Waals surface area contributed by atoms with E-state index in [4.69, 9.17) is 37.0 Å². The molecule has 0 bridgehead atoms. The number of hydrogen-bond acceptors (Lipinski definition) is 15. The van der Waals surface area contributed by atoms with Crippen LogP contribution in [0.5, 0.6) is 0 Å². The second kappa shape index (κ2) is 71.1. The van der Waals surface area contributed by atoms with Crippen LogP contribution in [-0.2, 0) is 65.4 Å². The van der Waals surface area contributed by atoms with Crippen LogP contribution in [0.2, 0.25) is 0 Å². The maximum atomic E-state index is 13.1. The Bertz CT molecular complexity index is 2290. The zero-order valence-corrected chi connectivity index (χ0v) is 63.2. The Balaban J connectivity index is 5.37. The number of hydrogen-bond donors (Lipinski definition) is 3. The van der Waals surface area contributed by atoms with Gasteiger partial charge < -0.3 is 33.8 Å². The fraction of sp³-hybridized carbons (Fsp3) is 0.722. The van der Waals surface area contributed by atoms with Crippen molar-refractivity contribution in [1.29, 1.82) is 0 Å². The Morgan fingerprint density at radius 1 is 0.296 bits per heavy atom. The highest BCUT2D eigenvalue weighted by atomic mass is 31.2. The summed E-state index contributed by atoms with van der Waals surface area (Å²) >= 11 is 0. The van der Waals surface area contributed by atoms with Crippen molar-refractivity contribution in [2.24, 2.45) is 0 Å². The van der Waals surface area contributed by atoms with Crippen molar-refractivity contribution in [1.82, 2.24) is 0 Å². The second-order valence-corrected chi connectivity index (χ2v) is 28.1. The second-order valence-electron chi connectivity index (χ2n) is 25.2. The number of esters is 4. The van der Waals surface area contributed by atoms with Gasteiger partial charge in [-0.05, 0) is 103 Å². The van der Waals surface area contributed by atoms with E-state index >= 15 is 0 Å². The van der Waals surface area contributed by atoms with Gasteiger partial charge in [-0.1, -0.05) is 291 Å². The molecule has 0 aromatic heterocycles. The van der Waals surface area contributed by atoms with E-state index in [0.29, 0.717) is 32.1 Å². The van der Waals surface area contributed by atoms with E-state index in [9.17, 15) is 43.2 Å². The van der Waals surface area contributed by atoms with Gasteiger partial charge in [-0.2, -0.15) is 0 Å². The molecule has 5 atom stereocenters. The fourth-order valence-electron chi connectivity index (χ4n) is 10.0. The molecule has 0 fully saturated rings. The maximum Gasteiger partial charge on any atom is 0.472 e. The Hall–Kier alpha value is -4.28. The lowest BCUT2D eigenvalue weighted by Gasteiger charge is -2.21. The van der Waals surface area contributed by atoms with Crippen LogP contribution in [0.3, 0.4) is 0 Å². The monoisotopic (exact) mass is 1420 g/mol. The number of aliphatic hydroxyl groups is 1. The third kappa shape index (κ3) is 70.2. The number of ether oxygens (including phenoxy) is 4. The maximum absolute atomic E-state index is 13.1. The first-order valence-electron chi connectivity index (χ1n) is 38.1. The molecule has 0 heterocycles. The lowest BCUT2D eigenvalue weighted by Crippen LogP contribution is -2.30. The molecule has 0 saturated carbocycles. The number of aliphatic hydroxyl groups excluding tert-OH is 1. The normalized spacial score (nSPS) is 14.6. The van der Waals surface area contributed by atoms with Crippen molar-refractivity contribution in [2.45, 2.75) is 329 Å². The van der Waals surface area contributed by atoms with Gasteiger partial charge in [0.05, 0.1) is 26.4 Å². The number of rotatable bonds is 71. The minimum atomic E-state index is -4.98. The first-order valence-corrected chi connectivity index (χ1v) is 41.1. The highest BCUT2D eigenvalue weighted by Gasteiger charge is 2.30. The molecule has 98 heavy (non-hydrogen) atoms. The van der Waals surface area contributed by atoms with Crippen LogP contribution < -0.4 is 0 Å². The van der Waals surface area contributed by atoms with Crippen molar-refractivity contribution in [3.8, 4) is 0 Å². The zero-order valence-electron chi connectivity index (χ0n) is 61.4. The summed E-state index contributed by atoms with van der Waals surface area (Å²) in [6, 6.07) is 0. The smallest absolute Gasteiger partial charge is 0.462 e. The number of carbonyl (C=O) groups is 4. The number of carbonyl (C=O) groups excluding carboxylic acids is 4. The molecule has 5 unspecified atom stereocenters. The Morgan fingerprint density at radius 2 is 0.541 bits per heavy atom. The van der Waals surface area contributed by atoms with Crippen molar-refractivity contribution >= 4 is 39.5 Å². The molecule has 0 rings (SSSR count). The molecule has 564 valence electrons. The molecule has 0 spiro atoms. The van der Waals surface area contributed by atoms with E-state index in [1.807, 2.05) is 12.2 Å². The predicted molar refractivity (Wildman–Crippen MR) is 399 cm³/mol. The van der Waals surface area contributed by atoms with E-state index < -0.39 is 97.5 Å². The molecule has 3 N–H and O–H groups in total. The van der Waals surface area contributed by atoms with E-state index in [2.05, 4.69) is 125 Å². The average molecular weight is 1420 g/mol. The lowest BCUT2D eigenvalue weighted by molar-refractivity contribution is -0.161. The van der Waals surface area contributed by atoms with Crippen molar-refractivity contribution < 1.29 is 80.2 Å². The van der Waals surface area contributed by atoms with Crippen LogP contribution in [0, 0.1) is 0 Å². The summed E-state index contributed by atoms with van der Waals surface area (Å²) in [5.74, 6) is -2.26. The summed E-state index contributed by atoms with van der Waals surface area (Å²) in [6.07, 6.45) is 75.2. The highest BCUT2D eigenvalue weighted by Crippen LogP contribution is 2.45. The Labute approximate surface area is 594 Å². The molecular formula is C79H136O17P2. The van der Waals surface area contributed by atoms with Crippen LogP contribution >= 0.6 is 15.6 Å². The molecule has 0 aliphatic carbocycles. The van der Waals surface area contributed by atoms with Crippen LogP contribution in [0.1, 0.15) is 310 Å². The fourth-order valence-corrected chi connectivity index (χ4v) is 11.6. The largest absolute Gasteiger partial charge is 0.472 e. The summed E-state index contributed by atoms with van der Waals surface area (Å²) in [5.41, 5.74) is 0. The number of phosphoric ester groups is 2. The Morgan fingerprint density at radius 3 is 0.857 bits per heavy atom. The third-order valence-electron chi connectivity index (χ3n) is 15.8. The van der Waals surface area contributed by atoms with Gasteiger partial charge in [0.25, 0.3) is 0 Å². The molecule has 0 radical (unpaired) electrons. The molecule has 17 nitrogen and oxygen atoms in total. The quantitative estimate of drug-likeness (QED) is 0.0169. The molecule has 19 heteroatoms. The summed E-state index contributed by atoms with van der Waals surface area (Å²) in [6.45, 7) is 4.56. The van der Waals surface area contributed by atoms with Gasteiger partial charge in [0.2, 0.25) is 0 Å². The minimum absolute atomic E-state index is 0.0841. The third-order valence-corrected chi connectivity index (χ3v) is 17.7. The zero-order chi connectivity index (χ0) is 71.8. The Kier molecular flexibility index (Phi) is 68.0. The topological polar surface area (TPSA) is 237 Å². The minimum Gasteiger partial charge on any atom is -0.462 e. The molecule has 0 aromatic rings. The van der Waals surface area contributed by atoms with Gasteiger partial charge in [0.1, 0.15) is 19.3 Å². The van der Waals surface area contributed by atoms with E-state index in [1.165, 1.54) is 89.9 Å². The van der Waals surface area contributed by atoms with Crippen molar-refractivity contribution in [3.05, 3.63) is 109 Å². The number of allylic oxidation sites excluding steroid dienone is 18. The van der Waals surface area contributed by atoms with Gasteiger partial charge in [-0.3, -0.25) is 37.3 Å². The van der Waals surface area contributed by atoms with Crippen molar-refractivity contribution in [2.75, 3.05) is 39.6 Å². The van der Waals surface area contributed by atoms with Gasteiger partial charge >= 0.3 is 39.5 Å². The lowest BCUT2D eigenvalue weighted by atomic mass is 10.0. The van der Waals surface area contributed by atoms with Crippen molar-refractivity contribution in [3.63, 3.8) is 0 Å². The van der Waals surface area contributed by atoms with Crippen LogP contribution in [0.25, 0.3) is 0 Å². The van der Waals surface area contributed by atoms with Crippen LogP contribution in [-0.4, -0.2) is 96.7 Å². The van der Waals surface area contributed by atoms with Gasteiger partial charge in [-0.25, -0.2) is 9.13 Å². The van der Waals surface area contributed by atoms with E-state index in [-0.39, 0.29) is 25.7 Å². The summed E-state index contributed by atoms with van der Waals surface area (Å²) in [5, 5.41) is 10.6. The molecule has 0 saturated heterocycles. The van der Waals surface area contributed by atoms with Crippen LogP contribution in [0.15, 0.2) is 109 Å². The summed E-state index contributed by atoms with van der Waals surface area (Å²) < 4.78 is 68.4. The summed E-state index contributed by atoms with van der Waals surface area (Å²) in [7, 11) is -9.96. The standard InChI is InChI=1S/C79H136O17P2/c1-5-9-13-17-21-25-29-32-34-36-38-41-44-47-51-55-59-63-76(81)89-69-74(95-78(83)65-61-57-53-49-43-28-24-20-16-12-8-4)71-93-97(85,86)91-67-73(80)68-92-98(87,88)94-72-75(96-79(84)66-62-58-54-50-46-40-31-27-23-19-15-11-7-3)70-90-77(82)64-60-56-52-48-45-42-39-37-35-33-30-26-22-18-14-10-6-2/h9-10,13-14,21-22,25-26,32-35,38-39,41-42,48,52,73-75,80H,5-8,11-12,15-20,23-24,27-31,36-37,40,43-47,49-51,53-72H2,1-4H3,(H,85,86)(H,87,88)/b13-9-,14-10-,25-21-,26-22-,34-32-,35-33-,41-38-,42-39-,52-48-. The van der Waals surface area contributed by atoms with Crippen LogP contribution in [0.4, 0.5) is 0 Å². The summed E-state index contributed by atoms with van der Waals surface area (Å²) in [4.78, 5) is 72.8. The molecule has 0 amide bonds. The van der Waals surface area contributed by atoms with Gasteiger partial charge in [0, 0.05) is 25.7 Å². The SMILES string of the molecule is CC/C=C\C/C=C\C/C=C\C/C=C\C/C=C\CCCC(=O)OCC(COP(=O)(O)OCC(O)COP(=O)(O)OCC(COC(=O)CCCCCC/C=C\C/C=C\C/C=C\C/C=C\CC)OC(=O)CCCCCCCCCCCCC)OC(=O)CCCCCCCCCCCCCCC.